The van der Waals surface area contributed by atoms with Crippen molar-refractivity contribution in [3.63, 3.8) is 0 Å². The molecule has 7 nitrogen and oxygen atoms in total. The van der Waals surface area contributed by atoms with Gasteiger partial charge in [0.2, 0.25) is 10.0 Å². The van der Waals surface area contributed by atoms with Gasteiger partial charge in [-0.2, -0.15) is 4.31 Å². The molecule has 176 valence electrons. The first kappa shape index (κ1) is 23.9. The van der Waals surface area contributed by atoms with Crippen LogP contribution in [0.1, 0.15) is 38.8 Å². The van der Waals surface area contributed by atoms with E-state index in [4.69, 9.17) is 16.3 Å². The van der Waals surface area contributed by atoms with E-state index in [9.17, 15) is 18.0 Å². The van der Waals surface area contributed by atoms with E-state index in [0.29, 0.717) is 18.7 Å². The molecule has 0 saturated heterocycles. The van der Waals surface area contributed by atoms with E-state index in [2.05, 4.69) is 5.32 Å². The smallest absolute Gasteiger partial charge is 0.338 e. The summed E-state index contributed by atoms with van der Waals surface area (Å²) in [5.41, 5.74) is 2.75. The van der Waals surface area contributed by atoms with Crippen molar-refractivity contribution in [2.45, 2.75) is 24.8 Å². The lowest BCUT2D eigenvalue weighted by molar-refractivity contribution is 0.0526. The van der Waals surface area contributed by atoms with E-state index in [1.165, 1.54) is 28.6 Å². The summed E-state index contributed by atoms with van der Waals surface area (Å²) in [5, 5.41) is 2.78. The lowest BCUT2D eigenvalue weighted by Crippen LogP contribution is -2.36. The third-order valence-electron chi connectivity index (χ3n) is 5.55. The molecule has 0 fully saturated rings. The monoisotopic (exact) mass is 498 g/mol. The zero-order chi connectivity index (χ0) is 24.3. The normalized spacial score (nSPS) is 13.7. The molecule has 0 atom stereocenters. The molecule has 1 aliphatic rings. The van der Waals surface area contributed by atoms with Gasteiger partial charge in [0.15, 0.2) is 0 Å². The average molecular weight is 499 g/mol. The van der Waals surface area contributed by atoms with Crippen molar-refractivity contribution in [3.05, 3.63) is 94.0 Å². The summed E-state index contributed by atoms with van der Waals surface area (Å²) >= 11 is 6.24. The van der Waals surface area contributed by atoms with Crippen molar-refractivity contribution in [2.75, 3.05) is 18.5 Å². The number of carbonyl (C=O) groups excluding carboxylic acids is 2. The summed E-state index contributed by atoms with van der Waals surface area (Å²) in [6.07, 6.45) is 0.618. The summed E-state index contributed by atoms with van der Waals surface area (Å²) in [6, 6.07) is 18.1. The summed E-state index contributed by atoms with van der Waals surface area (Å²) in [7, 11) is -3.84. The SMILES string of the molecule is CCOC(=O)c1cccc(NC(=O)c2cc(S(=O)(=O)N3CCc4ccccc4C3)ccc2Cl)c1. The molecule has 3 aromatic carbocycles. The molecular formula is C25H23ClN2O5S. The van der Waals surface area contributed by atoms with Crippen LogP contribution in [0.25, 0.3) is 0 Å². The number of anilines is 1. The van der Waals surface area contributed by atoms with Gasteiger partial charge in [-0.05, 0) is 60.9 Å². The molecule has 0 spiro atoms. The van der Waals surface area contributed by atoms with E-state index in [-0.39, 0.29) is 34.2 Å². The van der Waals surface area contributed by atoms with Crippen molar-refractivity contribution in [1.29, 1.82) is 0 Å². The fraction of sp³-hybridized carbons (Fsp3) is 0.200. The number of rotatable bonds is 6. The predicted molar refractivity (Wildman–Crippen MR) is 130 cm³/mol. The van der Waals surface area contributed by atoms with Crippen molar-refractivity contribution in [1.82, 2.24) is 4.31 Å². The average Bonchev–Trinajstić information content (AvgIpc) is 2.84. The number of amides is 1. The van der Waals surface area contributed by atoms with Gasteiger partial charge in [0.05, 0.1) is 27.7 Å². The second-order valence-electron chi connectivity index (χ2n) is 7.75. The van der Waals surface area contributed by atoms with E-state index in [1.54, 1.807) is 25.1 Å². The van der Waals surface area contributed by atoms with E-state index >= 15 is 0 Å². The molecule has 9 heteroatoms. The number of ether oxygens (including phenoxy) is 1. The van der Waals surface area contributed by atoms with E-state index in [0.717, 1.165) is 11.1 Å². The quantitative estimate of drug-likeness (QED) is 0.504. The Balaban J connectivity index is 1.57. The number of hydrogen-bond acceptors (Lipinski definition) is 5. The summed E-state index contributed by atoms with van der Waals surface area (Å²) in [6.45, 7) is 2.55. The Kier molecular flexibility index (Phi) is 7.02. The third-order valence-corrected chi connectivity index (χ3v) is 7.72. The molecule has 4 rings (SSSR count). The maximum atomic E-state index is 13.3. The van der Waals surface area contributed by atoms with Gasteiger partial charge in [-0.15, -0.1) is 0 Å². The summed E-state index contributed by atoms with van der Waals surface area (Å²) in [5.74, 6) is -1.10. The van der Waals surface area contributed by atoms with Crippen molar-refractivity contribution < 1.29 is 22.7 Å². The number of fused-ring (bicyclic) bond motifs is 1. The Bertz CT molecular complexity index is 1360. The molecule has 34 heavy (non-hydrogen) atoms. The molecule has 0 radical (unpaired) electrons. The molecule has 1 heterocycles. The van der Waals surface area contributed by atoms with Crippen LogP contribution in [0.5, 0.6) is 0 Å². The highest BCUT2D eigenvalue weighted by Gasteiger charge is 2.29. The molecule has 1 amide bonds. The van der Waals surface area contributed by atoms with Gasteiger partial charge in [0.25, 0.3) is 5.91 Å². The number of sulfonamides is 1. The van der Waals surface area contributed by atoms with Gasteiger partial charge in [0, 0.05) is 18.8 Å². The standard InChI is InChI=1S/C25H23ClN2O5S/c1-2-33-25(30)18-8-5-9-20(14-18)27-24(29)22-15-21(10-11-23(22)26)34(31,32)28-13-12-17-6-3-4-7-19(17)16-28/h3-11,14-15H,2,12-13,16H2,1H3,(H,27,29). The van der Waals surface area contributed by atoms with Crippen LogP contribution in [0.15, 0.2) is 71.6 Å². The number of benzene rings is 3. The highest BCUT2D eigenvalue weighted by molar-refractivity contribution is 7.89. The Morgan fingerprint density at radius 2 is 1.79 bits per heavy atom. The van der Waals surface area contributed by atoms with Gasteiger partial charge in [-0.3, -0.25) is 4.79 Å². The van der Waals surface area contributed by atoms with Crippen LogP contribution in [0.3, 0.4) is 0 Å². The fourth-order valence-corrected chi connectivity index (χ4v) is 5.45. The van der Waals surface area contributed by atoms with Gasteiger partial charge in [0.1, 0.15) is 0 Å². The fourth-order valence-electron chi connectivity index (χ4n) is 3.80. The van der Waals surface area contributed by atoms with Crippen molar-refractivity contribution in [2.24, 2.45) is 0 Å². The Morgan fingerprint density at radius 3 is 2.56 bits per heavy atom. The Hall–Kier alpha value is -3.20. The first-order valence-corrected chi connectivity index (χ1v) is 12.6. The zero-order valence-electron chi connectivity index (χ0n) is 18.5. The first-order chi connectivity index (χ1) is 16.3. The number of carbonyl (C=O) groups is 2. The largest absolute Gasteiger partial charge is 0.462 e. The van der Waals surface area contributed by atoms with Gasteiger partial charge >= 0.3 is 5.97 Å². The Labute approximate surface area is 203 Å². The molecule has 1 aliphatic heterocycles. The second kappa shape index (κ2) is 9.97. The number of nitrogens with zero attached hydrogens (tertiary/aromatic N) is 1. The molecule has 0 unspecified atom stereocenters. The maximum Gasteiger partial charge on any atom is 0.338 e. The maximum absolute atomic E-state index is 13.3. The molecule has 0 aromatic heterocycles. The molecule has 0 aliphatic carbocycles. The Morgan fingerprint density at radius 1 is 1.03 bits per heavy atom. The van der Waals surface area contributed by atoms with Gasteiger partial charge in [-0.1, -0.05) is 41.9 Å². The minimum Gasteiger partial charge on any atom is -0.462 e. The van der Waals surface area contributed by atoms with Crippen LogP contribution in [0.2, 0.25) is 5.02 Å². The van der Waals surface area contributed by atoms with Crippen LogP contribution in [0, 0.1) is 0 Å². The molecular weight excluding hydrogens is 476 g/mol. The predicted octanol–water partition coefficient (Wildman–Crippen LogP) is 4.52. The zero-order valence-corrected chi connectivity index (χ0v) is 20.0. The summed E-state index contributed by atoms with van der Waals surface area (Å²) < 4.78 is 33.0. The van der Waals surface area contributed by atoms with Crippen LogP contribution in [0.4, 0.5) is 5.69 Å². The minimum atomic E-state index is -3.84. The molecule has 0 bridgehead atoms. The van der Waals surface area contributed by atoms with E-state index < -0.39 is 21.9 Å². The van der Waals surface area contributed by atoms with Crippen molar-refractivity contribution >= 4 is 39.2 Å². The van der Waals surface area contributed by atoms with Crippen LogP contribution in [-0.4, -0.2) is 37.8 Å². The van der Waals surface area contributed by atoms with Crippen LogP contribution >= 0.6 is 11.6 Å². The van der Waals surface area contributed by atoms with Crippen LogP contribution < -0.4 is 5.32 Å². The minimum absolute atomic E-state index is 0.0123. The topological polar surface area (TPSA) is 92.8 Å². The van der Waals surface area contributed by atoms with Gasteiger partial charge in [-0.25, -0.2) is 13.2 Å². The van der Waals surface area contributed by atoms with Gasteiger partial charge < -0.3 is 10.1 Å². The first-order valence-electron chi connectivity index (χ1n) is 10.7. The number of halogens is 1. The van der Waals surface area contributed by atoms with E-state index in [1.807, 2.05) is 24.3 Å². The lowest BCUT2D eigenvalue weighted by Gasteiger charge is -2.28. The number of nitrogens with one attached hydrogen (secondary N) is 1. The van der Waals surface area contributed by atoms with Crippen molar-refractivity contribution in [3.8, 4) is 0 Å². The molecule has 3 aromatic rings. The second-order valence-corrected chi connectivity index (χ2v) is 10.1. The lowest BCUT2D eigenvalue weighted by atomic mass is 10.0. The third kappa shape index (κ3) is 4.99. The molecule has 0 saturated carbocycles. The summed E-state index contributed by atoms with van der Waals surface area (Å²) in [4.78, 5) is 24.9. The highest BCUT2D eigenvalue weighted by Crippen LogP contribution is 2.28. The van der Waals surface area contributed by atoms with Crippen LogP contribution in [-0.2, 0) is 27.7 Å². The molecule has 1 N–H and O–H groups in total. The number of esters is 1. The highest BCUT2D eigenvalue weighted by atomic mass is 35.5. The number of hydrogen-bond donors (Lipinski definition) is 1.